The van der Waals surface area contributed by atoms with Crippen LogP contribution in [0.4, 0.5) is 0 Å². The number of unbranched alkanes of at least 4 members (excludes halogenated alkanes) is 1. The van der Waals surface area contributed by atoms with Crippen molar-refractivity contribution in [3.8, 4) is 0 Å². The van der Waals surface area contributed by atoms with E-state index in [4.69, 9.17) is 5.11 Å². The molecule has 0 fully saturated rings. The van der Waals surface area contributed by atoms with Gasteiger partial charge < -0.3 is 14.9 Å². The Morgan fingerprint density at radius 3 is 2.29 bits per heavy atom. The van der Waals surface area contributed by atoms with Gasteiger partial charge in [-0.3, -0.25) is 0 Å². The number of carboxylic acid groups (broad SMARTS) is 1. The third kappa shape index (κ3) is 10.9. The lowest BCUT2D eigenvalue weighted by Gasteiger charge is -2.10. The number of hydrogen-bond acceptors (Lipinski definition) is 4. The van der Waals surface area contributed by atoms with E-state index in [0.717, 1.165) is 25.3 Å². The highest BCUT2D eigenvalue weighted by Crippen LogP contribution is 2.10. The molecule has 0 saturated carbocycles. The number of carbonyl (C=O) groups excluding carboxylic acids is 1. The number of rotatable bonds is 8. The average Bonchev–Trinajstić information content (AvgIpc) is 2.21. The van der Waals surface area contributed by atoms with Gasteiger partial charge in [-0.15, -0.1) is 0 Å². The summed E-state index contributed by atoms with van der Waals surface area (Å²) in [6.07, 6.45) is 3.48. The fraction of sp³-hybridized carbons (Fsp3) is 0.667. The number of aliphatic hydroxyl groups is 1. The molecule has 0 aromatic rings. The number of carbonyl (C=O) groups is 2. The van der Waals surface area contributed by atoms with E-state index in [2.05, 4.69) is 18.6 Å². The van der Waals surface area contributed by atoms with Gasteiger partial charge in [0.2, 0.25) is 6.29 Å². The van der Waals surface area contributed by atoms with Crippen LogP contribution in [0.2, 0.25) is 0 Å². The molecule has 0 amide bonds. The molecule has 1 unspecified atom stereocenters. The fourth-order valence-corrected chi connectivity index (χ4v) is 1.24. The van der Waals surface area contributed by atoms with E-state index in [-0.39, 0.29) is 0 Å². The summed E-state index contributed by atoms with van der Waals surface area (Å²) in [4.78, 5) is 21.1. The quantitative estimate of drug-likeness (QED) is 0.294. The van der Waals surface area contributed by atoms with Crippen molar-refractivity contribution in [2.75, 3.05) is 0 Å². The lowest BCUT2D eigenvalue weighted by Crippen LogP contribution is -2.16. The topological polar surface area (TPSA) is 83.8 Å². The van der Waals surface area contributed by atoms with Gasteiger partial charge in [-0.25, -0.2) is 9.59 Å². The summed E-state index contributed by atoms with van der Waals surface area (Å²) in [5, 5.41) is 17.6. The van der Waals surface area contributed by atoms with Gasteiger partial charge in [-0.1, -0.05) is 26.7 Å². The lowest BCUT2D eigenvalue weighted by atomic mass is 10.1. The van der Waals surface area contributed by atoms with E-state index in [0.29, 0.717) is 18.4 Å². The molecule has 1 atom stereocenters. The van der Waals surface area contributed by atoms with E-state index in [1.54, 1.807) is 0 Å². The number of aliphatic hydroxyl groups excluding tert-OH is 1. The van der Waals surface area contributed by atoms with Crippen LogP contribution in [0.5, 0.6) is 0 Å². The van der Waals surface area contributed by atoms with E-state index < -0.39 is 18.2 Å². The maximum absolute atomic E-state index is 11.0. The van der Waals surface area contributed by atoms with E-state index in [9.17, 15) is 14.7 Å². The van der Waals surface area contributed by atoms with Crippen molar-refractivity contribution in [3.63, 3.8) is 0 Å². The minimum absolute atomic E-state index is 0.374. The van der Waals surface area contributed by atoms with E-state index in [1.807, 2.05) is 0 Å². The highest BCUT2D eigenvalue weighted by molar-refractivity contribution is 5.90. The Kier molecular flexibility index (Phi) is 8.05. The Balaban J connectivity index is 3.67. The molecule has 0 heterocycles. The van der Waals surface area contributed by atoms with E-state index in [1.165, 1.54) is 0 Å². The average molecular weight is 244 g/mol. The van der Waals surface area contributed by atoms with Crippen LogP contribution >= 0.6 is 0 Å². The highest BCUT2D eigenvalue weighted by atomic mass is 16.6. The fourth-order valence-electron chi connectivity index (χ4n) is 1.24. The van der Waals surface area contributed by atoms with Gasteiger partial charge in [0.15, 0.2) is 0 Å². The van der Waals surface area contributed by atoms with Gasteiger partial charge >= 0.3 is 11.9 Å². The molecule has 0 aliphatic rings. The molecule has 0 aromatic carbocycles. The predicted octanol–water partition coefficient (Wildman–Crippen LogP) is 1.71. The van der Waals surface area contributed by atoms with Crippen LogP contribution in [0.25, 0.3) is 0 Å². The van der Waals surface area contributed by atoms with Crippen molar-refractivity contribution in [3.05, 3.63) is 12.2 Å². The molecule has 0 spiro atoms. The van der Waals surface area contributed by atoms with Gasteiger partial charge in [0.05, 0.1) is 0 Å². The normalized spacial score (nSPS) is 12.9. The summed E-state index contributed by atoms with van der Waals surface area (Å²) in [6.45, 7) is 4.24. The zero-order valence-corrected chi connectivity index (χ0v) is 10.3. The first-order chi connectivity index (χ1) is 7.91. The van der Waals surface area contributed by atoms with Crippen LogP contribution in [0.3, 0.4) is 0 Å². The Labute approximate surface area is 101 Å². The van der Waals surface area contributed by atoms with Crippen LogP contribution in [-0.2, 0) is 14.3 Å². The molecule has 0 radical (unpaired) electrons. The molecule has 0 bridgehead atoms. The van der Waals surface area contributed by atoms with Crippen molar-refractivity contribution in [2.24, 2.45) is 5.92 Å². The Bertz CT molecular complexity index is 270. The number of esters is 1. The third-order valence-electron chi connectivity index (χ3n) is 2.10. The van der Waals surface area contributed by atoms with Gasteiger partial charge in [-0.05, 0) is 12.3 Å². The van der Waals surface area contributed by atoms with Crippen LogP contribution in [-0.4, -0.2) is 28.4 Å². The Hall–Kier alpha value is -1.36. The van der Waals surface area contributed by atoms with Crippen LogP contribution in [0.15, 0.2) is 12.2 Å². The third-order valence-corrected chi connectivity index (χ3v) is 2.10. The monoisotopic (exact) mass is 244 g/mol. The van der Waals surface area contributed by atoms with Crippen molar-refractivity contribution in [2.45, 2.75) is 45.8 Å². The van der Waals surface area contributed by atoms with Gasteiger partial charge in [-0.2, -0.15) is 0 Å². The largest absolute Gasteiger partial charge is 0.478 e. The highest BCUT2D eigenvalue weighted by Gasteiger charge is 2.08. The smallest absolute Gasteiger partial charge is 0.333 e. The summed E-state index contributed by atoms with van der Waals surface area (Å²) in [6, 6.07) is 0. The molecule has 0 aliphatic carbocycles. The summed E-state index contributed by atoms with van der Waals surface area (Å²) in [5.74, 6) is -1.45. The summed E-state index contributed by atoms with van der Waals surface area (Å²) < 4.78 is 4.57. The summed E-state index contributed by atoms with van der Waals surface area (Å²) in [7, 11) is 0. The minimum Gasteiger partial charge on any atom is -0.478 e. The summed E-state index contributed by atoms with van der Waals surface area (Å²) in [5.41, 5.74) is 0. The molecule has 0 rings (SSSR count). The zero-order valence-electron chi connectivity index (χ0n) is 10.3. The first kappa shape index (κ1) is 15.6. The first-order valence-corrected chi connectivity index (χ1v) is 5.71. The summed E-state index contributed by atoms with van der Waals surface area (Å²) >= 11 is 0. The van der Waals surface area contributed by atoms with Crippen molar-refractivity contribution >= 4 is 11.9 Å². The second-order valence-corrected chi connectivity index (χ2v) is 4.24. The van der Waals surface area contributed by atoms with E-state index >= 15 is 0 Å². The first-order valence-electron chi connectivity index (χ1n) is 5.71. The standard InChI is InChI=1S/C12H20O5/c1-9(2)5-3-4-6-11(15)17-12(16)8-7-10(13)14/h7-9,11,15H,3-6H2,1-2H3,(H,13,14)/b8-7+. The maximum atomic E-state index is 11.0. The molecule has 0 aromatic heterocycles. The van der Waals surface area contributed by atoms with Crippen LogP contribution in [0.1, 0.15) is 39.5 Å². The molecular weight excluding hydrogens is 224 g/mol. The lowest BCUT2D eigenvalue weighted by molar-refractivity contribution is -0.162. The molecule has 2 N–H and O–H groups in total. The SMILES string of the molecule is CC(C)CCCCC(O)OC(=O)/C=C/C(=O)O. The molecule has 0 saturated heterocycles. The molecular formula is C12H20O5. The molecule has 98 valence electrons. The molecule has 5 nitrogen and oxygen atoms in total. The van der Waals surface area contributed by atoms with Gasteiger partial charge in [0, 0.05) is 18.6 Å². The molecule has 17 heavy (non-hydrogen) atoms. The van der Waals surface area contributed by atoms with Crippen LogP contribution < -0.4 is 0 Å². The molecule has 0 aliphatic heterocycles. The predicted molar refractivity (Wildman–Crippen MR) is 62.2 cm³/mol. The number of ether oxygens (including phenoxy) is 1. The van der Waals surface area contributed by atoms with Crippen molar-refractivity contribution < 1.29 is 24.5 Å². The van der Waals surface area contributed by atoms with Gasteiger partial charge in [0.1, 0.15) is 0 Å². The minimum atomic E-state index is -1.23. The number of aliphatic carboxylic acids is 1. The molecule has 5 heteroatoms. The number of hydrogen-bond donors (Lipinski definition) is 2. The Morgan fingerprint density at radius 1 is 1.18 bits per heavy atom. The second kappa shape index (κ2) is 8.75. The zero-order chi connectivity index (χ0) is 13.3. The van der Waals surface area contributed by atoms with Crippen molar-refractivity contribution in [1.82, 2.24) is 0 Å². The van der Waals surface area contributed by atoms with Gasteiger partial charge in [0.25, 0.3) is 0 Å². The Morgan fingerprint density at radius 2 is 1.76 bits per heavy atom. The van der Waals surface area contributed by atoms with Crippen molar-refractivity contribution in [1.29, 1.82) is 0 Å². The second-order valence-electron chi connectivity index (χ2n) is 4.24. The van der Waals surface area contributed by atoms with Crippen LogP contribution in [0, 0.1) is 5.92 Å². The number of carboxylic acids is 1. The maximum Gasteiger partial charge on any atom is 0.333 e.